The molecule has 0 spiro atoms. The number of carbonyl (C=O) groups is 2. The molecule has 0 aromatic carbocycles. The van der Waals surface area contributed by atoms with Crippen LogP contribution < -0.4 is 0 Å². The molecule has 1 amide bonds. The average molecular weight is 449 g/mol. The van der Waals surface area contributed by atoms with Crippen LogP contribution >= 0.6 is 0 Å². The maximum absolute atomic E-state index is 11.8. The Bertz CT molecular complexity index is 268. The maximum Gasteiger partial charge on any atom is 2.00 e. The van der Waals surface area contributed by atoms with E-state index in [4.69, 9.17) is 5.11 Å². The van der Waals surface area contributed by atoms with Gasteiger partial charge in [0.2, 0.25) is 0 Å². The fourth-order valence-corrected chi connectivity index (χ4v) is 2.00. The summed E-state index contributed by atoms with van der Waals surface area (Å²) in [5.74, 6) is -1.52. The van der Waals surface area contributed by atoms with Crippen LogP contribution in [0.4, 0.5) is 0 Å². The van der Waals surface area contributed by atoms with Gasteiger partial charge in [0.1, 0.15) is 6.04 Å². The van der Waals surface area contributed by atoms with Crippen LogP contribution in [0.25, 0.3) is 0 Å². The SMILES string of the molecule is [CH2-]C[C@H]1CC[C@@H](C(=O)O)N1C(=O)[C@H]([CH2-])C.[U+2]. The smallest absolute Gasteiger partial charge is 0.480 e. The molecule has 16 heavy (non-hydrogen) atoms. The molecule has 0 aliphatic carbocycles. The van der Waals surface area contributed by atoms with Gasteiger partial charge < -0.3 is 23.9 Å². The van der Waals surface area contributed by atoms with Gasteiger partial charge >= 0.3 is 37.1 Å². The summed E-state index contributed by atoms with van der Waals surface area (Å²) in [4.78, 5) is 24.2. The minimum atomic E-state index is -0.931. The molecule has 0 aromatic rings. The molecule has 5 heteroatoms. The van der Waals surface area contributed by atoms with Crippen LogP contribution in [-0.2, 0) is 9.59 Å². The second-order valence-corrected chi connectivity index (χ2v) is 4.02. The topological polar surface area (TPSA) is 57.6 Å². The Morgan fingerprint density at radius 2 is 2.06 bits per heavy atom. The van der Waals surface area contributed by atoms with E-state index in [9.17, 15) is 9.59 Å². The number of rotatable bonds is 3. The first-order valence-corrected chi connectivity index (χ1v) is 5.16. The summed E-state index contributed by atoms with van der Waals surface area (Å²) < 4.78 is 0. The molecule has 1 aliphatic rings. The van der Waals surface area contributed by atoms with E-state index >= 15 is 0 Å². The van der Waals surface area contributed by atoms with Gasteiger partial charge in [-0.1, -0.05) is 12.8 Å². The van der Waals surface area contributed by atoms with Gasteiger partial charge in [0.25, 0.3) is 0 Å². The molecule has 0 unspecified atom stereocenters. The van der Waals surface area contributed by atoms with Crippen molar-refractivity contribution in [3.63, 3.8) is 0 Å². The zero-order valence-electron chi connectivity index (χ0n) is 9.48. The van der Waals surface area contributed by atoms with Crippen molar-refractivity contribution < 1.29 is 45.8 Å². The molecule has 0 aromatic heterocycles. The van der Waals surface area contributed by atoms with Crippen molar-refractivity contribution in [3.8, 4) is 0 Å². The van der Waals surface area contributed by atoms with Crippen molar-refractivity contribution in [1.82, 2.24) is 4.90 Å². The number of carboxylic acids is 1. The Kier molecular flexibility index (Phi) is 6.66. The van der Waals surface area contributed by atoms with E-state index in [1.807, 2.05) is 0 Å². The third-order valence-electron chi connectivity index (χ3n) is 2.80. The number of aliphatic carboxylic acids is 1. The van der Waals surface area contributed by atoms with Gasteiger partial charge in [-0.3, -0.25) is 4.79 Å². The quantitative estimate of drug-likeness (QED) is 0.658. The Labute approximate surface area is 120 Å². The minimum Gasteiger partial charge on any atom is -0.480 e. The van der Waals surface area contributed by atoms with E-state index in [0.717, 1.165) is 6.42 Å². The van der Waals surface area contributed by atoms with Gasteiger partial charge in [0, 0.05) is 6.04 Å². The Hall–Kier alpha value is -0.00805. The third kappa shape index (κ3) is 3.24. The van der Waals surface area contributed by atoms with E-state index < -0.39 is 17.9 Å². The molecule has 1 saturated heterocycles. The van der Waals surface area contributed by atoms with Crippen molar-refractivity contribution in [2.24, 2.45) is 5.92 Å². The number of carboxylic acid groups (broad SMARTS) is 1. The van der Waals surface area contributed by atoms with E-state index in [-0.39, 0.29) is 43.1 Å². The number of hydrogen-bond acceptors (Lipinski definition) is 2. The van der Waals surface area contributed by atoms with Gasteiger partial charge in [-0.25, -0.2) is 4.79 Å². The maximum atomic E-state index is 11.8. The number of amides is 1. The standard InChI is InChI=1S/C11H17NO3.U/c1-4-8-5-6-9(11(14)15)12(8)10(13)7(2)3;/h7-9H,1-2,4-6H2,3H3,(H,14,15);/q-2;+2/t7-,8+,9+;/m1./s1. The van der Waals surface area contributed by atoms with Crippen LogP contribution in [0.15, 0.2) is 0 Å². The first kappa shape index (κ1) is 16.0. The number of hydrogen-bond donors (Lipinski definition) is 1. The van der Waals surface area contributed by atoms with Crippen LogP contribution in [-0.4, -0.2) is 34.0 Å². The number of carbonyl (C=O) groups excluding carboxylic acids is 1. The van der Waals surface area contributed by atoms with Gasteiger partial charge in [-0.15, -0.1) is 0 Å². The predicted molar refractivity (Wildman–Crippen MR) is 55.8 cm³/mol. The summed E-state index contributed by atoms with van der Waals surface area (Å²) in [6.45, 7) is 9.07. The second-order valence-electron chi connectivity index (χ2n) is 4.02. The first-order chi connectivity index (χ1) is 6.99. The average Bonchev–Trinajstić information content (AvgIpc) is 2.59. The zero-order chi connectivity index (χ0) is 11.6. The molecule has 88 valence electrons. The monoisotopic (exact) mass is 449 g/mol. The molecule has 1 rings (SSSR count). The van der Waals surface area contributed by atoms with Crippen molar-refractivity contribution >= 4 is 11.9 Å². The third-order valence-corrected chi connectivity index (χ3v) is 2.80. The fourth-order valence-electron chi connectivity index (χ4n) is 2.00. The largest absolute Gasteiger partial charge is 2.00 e. The molecule has 0 saturated carbocycles. The van der Waals surface area contributed by atoms with Crippen LogP contribution in [0.5, 0.6) is 0 Å². The van der Waals surface area contributed by atoms with Crippen molar-refractivity contribution in [2.45, 2.75) is 38.3 Å². The van der Waals surface area contributed by atoms with Crippen molar-refractivity contribution in [2.75, 3.05) is 0 Å². The van der Waals surface area contributed by atoms with Crippen LogP contribution in [0.3, 0.4) is 0 Å². The van der Waals surface area contributed by atoms with Gasteiger partial charge in [0.05, 0.1) is 0 Å². The zero-order valence-corrected chi connectivity index (χ0v) is 13.6. The van der Waals surface area contributed by atoms with Gasteiger partial charge in [-0.05, 0) is 12.8 Å². The number of nitrogens with zero attached hydrogens (tertiary/aromatic N) is 1. The Morgan fingerprint density at radius 3 is 2.44 bits per heavy atom. The molecule has 1 heterocycles. The van der Waals surface area contributed by atoms with Gasteiger partial charge in [-0.2, -0.15) is 6.42 Å². The summed E-state index contributed by atoms with van der Waals surface area (Å²) in [7, 11) is 0. The molecule has 1 aliphatic heterocycles. The molecule has 3 atom stereocenters. The first-order valence-electron chi connectivity index (χ1n) is 5.16. The predicted octanol–water partition coefficient (Wildman–Crippen LogP) is 1.12. The van der Waals surface area contributed by atoms with Crippen LogP contribution in [0.2, 0.25) is 0 Å². The van der Waals surface area contributed by atoms with Crippen molar-refractivity contribution in [3.05, 3.63) is 13.8 Å². The van der Waals surface area contributed by atoms with Gasteiger partial charge in [0.15, 0.2) is 5.91 Å². The Balaban J connectivity index is 0.00000225. The fraction of sp³-hybridized carbons (Fsp3) is 0.636. The second kappa shape index (κ2) is 6.66. The Morgan fingerprint density at radius 1 is 1.50 bits per heavy atom. The summed E-state index contributed by atoms with van der Waals surface area (Å²) in [5, 5.41) is 8.99. The molecule has 4 nitrogen and oxygen atoms in total. The summed E-state index contributed by atoms with van der Waals surface area (Å²) in [6, 6.07) is -0.726. The van der Waals surface area contributed by atoms with E-state index in [1.165, 1.54) is 4.90 Å². The van der Waals surface area contributed by atoms with Crippen LogP contribution in [0, 0.1) is 50.9 Å². The number of likely N-dealkylation sites (tertiary alicyclic amines) is 1. The van der Waals surface area contributed by atoms with E-state index in [1.54, 1.807) is 6.92 Å². The van der Waals surface area contributed by atoms with E-state index in [2.05, 4.69) is 13.8 Å². The van der Waals surface area contributed by atoms with E-state index in [0.29, 0.717) is 12.8 Å². The molecule has 1 N–H and O–H groups in total. The minimum absolute atomic E-state index is 0. The summed E-state index contributed by atoms with van der Waals surface area (Å²) >= 11 is 0. The molecule has 0 bridgehead atoms. The summed E-state index contributed by atoms with van der Waals surface area (Å²) in [5.41, 5.74) is 0. The molecule has 0 radical (unpaired) electrons. The molecular formula is C11H17NO3U. The molecule has 1 fully saturated rings. The molecular weight excluding hydrogens is 432 g/mol. The summed E-state index contributed by atoms with van der Waals surface area (Å²) in [6.07, 6.45) is 1.80. The van der Waals surface area contributed by atoms with Crippen LogP contribution in [0.1, 0.15) is 26.2 Å². The van der Waals surface area contributed by atoms with Crippen molar-refractivity contribution in [1.29, 1.82) is 0 Å². The normalized spacial score (nSPS) is 26.1.